The lowest BCUT2D eigenvalue weighted by Gasteiger charge is -1.80. The number of H-pyrrole nitrogens is 1. The van der Waals surface area contributed by atoms with Gasteiger partial charge in [-0.05, 0) is 12.1 Å². The first kappa shape index (κ1) is 6.70. The van der Waals surface area contributed by atoms with E-state index in [1.165, 1.54) is 0 Å². The maximum atomic E-state index is 4.02. The minimum atomic E-state index is 0. The van der Waals surface area contributed by atoms with E-state index in [-0.39, 0.29) is 6.15 Å². The smallest absolute Gasteiger partial charge is 0.157 e. The Morgan fingerprint density at radius 1 is 1.30 bits per heavy atom. The van der Waals surface area contributed by atoms with Crippen LogP contribution in [0.3, 0.4) is 0 Å². The molecule has 0 unspecified atom stereocenters. The van der Waals surface area contributed by atoms with Gasteiger partial charge in [-0.25, -0.2) is 9.97 Å². The molecule has 0 bridgehead atoms. The van der Waals surface area contributed by atoms with Gasteiger partial charge in [-0.1, -0.05) is 0 Å². The number of hydrogen-bond donors (Lipinski definition) is 2. The van der Waals surface area contributed by atoms with E-state index in [2.05, 4.69) is 15.0 Å². The van der Waals surface area contributed by atoms with Crippen molar-refractivity contribution < 1.29 is 0 Å². The molecular formula is C6H8N4. The molecular weight excluding hydrogens is 128 g/mol. The van der Waals surface area contributed by atoms with E-state index < -0.39 is 0 Å². The van der Waals surface area contributed by atoms with Gasteiger partial charge in [0.2, 0.25) is 0 Å². The van der Waals surface area contributed by atoms with Crippen molar-refractivity contribution in [1.29, 1.82) is 0 Å². The van der Waals surface area contributed by atoms with Crippen LogP contribution in [0, 0.1) is 0 Å². The van der Waals surface area contributed by atoms with Crippen LogP contribution in [0.15, 0.2) is 24.7 Å². The Morgan fingerprint density at radius 2 is 2.20 bits per heavy atom. The zero-order valence-electron chi connectivity index (χ0n) is 5.41. The van der Waals surface area contributed by atoms with Gasteiger partial charge in [0.05, 0.1) is 6.33 Å². The molecule has 0 amide bonds. The highest BCUT2D eigenvalue weighted by Crippen LogP contribution is 2.01. The summed E-state index contributed by atoms with van der Waals surface area (Å²) in [5, 5.41) is 0. The Balaban J connectivity index is 0.000000500. The SMILES string of the molecule is N.c1cnc2[nH]cnc2c1. The number of hydrogen-bond acceptors (Lipinski definition) is 3. The summed E-state index contributed by atoms with van der Waals surface area (Å²) in [6.45, 7) is 0. The zero-order valence-corrected chi connectivity index (χ0v) is 5.41. The average Bonchev–Trinajstić information content (AvgIpc) is 2.33. The number of aromatic amines is 1. The lowest BCUT2D eigenvalue weighted by atomic mass is 10.4. The van der Waals surface area contributed by atoms with Crippen molar-refractivity contribution in [1.82, 2.24) is 21.1 Å². The third-order valence-corrected chi connectivity index (χ3v) is 1.19. The molecule has 2 aromatic heterocycles. The van der Waals surface area contributed by atoms with Gasteiger partial charge < -0.3 is 11.1 Å². The Morgan fingerprint density at radius 3 is 3.00 bits per heavy atom. The van der Waals surface area contributed by atoms with Crippen LogP contribution in [0.2, 0.25) is 0 Å². The molecule has 0 saturated heterocycles. The van der Waals surface area contributed by atoms with Crippen LogP contribution in [-0.2, 0) is 0 Å². The van der Waals surface area contributed by atoms with Crippen molar-refractivity contribution in [3.8, 4) is 0 Å². The summed E-state index contributed by atoms with van der Waals surface area (Å²) in [6, 6.07) is 3.78. The molecule has 4 heteroatoms. The van der Waals surface area contributed by atoms with Crippen molar-refractivity contribution in [2.75, 3.05) is 0 Å². The van der Waals surface area contributed by atoms with Gasteiger partial charge in [-0.3, -0.25) is 0 Å². The molecule has 0 aliphatic carbocycles. The van der Waals surface area contributed by atoms with Crippen LogP contribution in [0.1, 0.15) is 0 Å². The number of imidazole rings is 1. The van der Waals surface area contributed by atoms with Gasteiger partial charge in [0.15, 0.2) is 5.65 Å². The van der Waals surface area contributed by atoms with Crippen LogP contribution in [-0.4, -0.2) is 15.0 Å². The topological polar surface area (TPSA) is 76.6 Å². The Kier molecular flexibility index (Phi) is 1.64. The predicted molar refractivity (Wildman–Crippen MR) is 38.9 cm³/mol. The summed E-state index contributed by atoms with van der Waals surface area (Å²) in [7, 11) is 0. The van der Waals surface area contributed by atoms with E-state index in [9.17, 15) is 0 Å². The van der Waals surface area contributed by atoms with Gasteiger partial charge in [0.25, 0.3) is 0 Å². The Labute approximate surface area is 57.9 Å². The van der Waals surface area contributed by atoms with Crippen molar-refractivity contribution in [3.63, 3.8) is 0 Å². The second-order valence-electron chi connectivity index (χ2n) is 1.77. The van der Waals surface area contributed by atoms with Crippen LogP contribution in [0.5, 0.6) is 0 Å². The van der Waals surface area contributed by atoms with Crippen LogP contribution >= 0.6 is 0 Å². The van der Waals surface area contributed by atoms with Crippen molar-refractivity contribution in [3.05, 3.63) is 24.7 Å². The molecule has 0 spiro atoms. The zero-order chi connectivity index (χ0) is 6.10. The molecule has 10 heavy (non-hydrogen) atoms. The normalized spacial score (nSPS) is 9.20. The quantitative estimate of drug-likeness (QED) is 0.569. The van der Waals surface area contributed by atoms with Gasteiger partial charge in [0, 0.05) is 6.20 Å². The number of nitrogens with zero attached hydrogens (tertiary/aromatic N) is 2. The van der Waals surface area contributed by atoms with Gasteiger partial charge in [0.1, 0.15) is 5.52 Å². The minimum absolute atomic E-state index is 0. The summed E-state index contributed by atoms with van der Waals surface area (Å²) < 4.78 is 0. The fraction of sp³-hybridized carbons (Fsp3) is 0. The molecule has 4 nitrogen and oxygen atoms in total. The van der Waals surface area contributed by atoms with Gasteiger partial charge >= 0.3 is 0 Å². The number of pyridine rings is 1. The van der Waals surface area contributed by atoms with E-state index >= 15 is 0 Å². The lowest BCUT2D eigenvalue weighted by Crippen LogP contribution is -1.71. The summed E-state index contributed by atoms with van der Waals surface area (Å²) in [4.78, 5) is 10.9. The number of rotatable bonds is 0. The summed E-state index contributed by atoms with van der Waals surface area (Å²) in [6.07, 6.45) is 3.37. The van der Waals surface area contributed by atoms with E-state index in [1.54, 1.807) is 12.5 Å². The van der Waals surface area contributed by atoms with Crippen LogP contribution < -0.4 is 6.15 Å². The minimum Gasteiger partial charge on any atom is -0.344 e. The second kappa shape index (κ2) is 2.45. The molecule has 0 radical (unpaired) electrons. The Hall–Kier alpha value is -1.42. The highest BCUT2D eigenvalue weighted by atomic mass is 14.9. The highest BCUT2D eigenvalue weighted by Gasteiger charge is 1.90. The molecule has 0 aliphatic rings. The number of fused-ring (bicyclic) bond motifs is 1. The largest absolute Gasteiger partial charge is 0.344 e. The van der Waals surface area contributed by atoms with E-state index in [0.29, 0.717) is 0 Å². The monoisotopic (exact) mass is 136 g/mol. The summed E-state index contributed by atoms with van der Waals surface area (Å²) in [5.41, 5.74) is 1.76. The van der Waals surface area contributed by atoms with Crippen molar-refractivity contribution in [2.24, 2.45) is 0 Å². The first-order valence-electron chi connectivity index (χ1n) is 2.71. The number of nitrogens with one attached hydrogen (secondary N) is 1. The lowest BCUT2D eigenvalue weighted by molar-refractivity contribution is 1.30. The molecule has 0 aliphatic heterocycles. The first-order valence-corrected chi connectivity index (χ1v) is 2.71. The van der Waals surface area contributed by atoms with Crippen molar-refractivity contribution >= 4 is 11.2 Å². The van der Waals surface area contributed by atoms with Crippen LogP contribution in [0.25, 0.3) is 11.2 Å². The third-order valence-electron chi connectivity index (χ3n) is 1.19. The fourth-order valence-electron chi connectivity index (χ4n) is 0.775. The summed E-state index contributed by atoms with van der Waals surface area (Å²) >= 11 is 0. The molecule has 0 fully saturated rings. The average molecular weight is 136 g/mol. The molecule has 2 aromatic rings. The second-order valence-corrected chi connectivity index (χ2v) is 1.77. The molecule has 4 N–H and O–H groups in total. The molecule has 2 rings (SSSR count). The van der Waals surface area contributed by atoms with Gasteiger partial charge in [-0.15, -0.1) is 0 Å². The van der Waals surface area contributed by atoms with Crippen LogP contribution in [0.4, 0.5) is 0 Å². The van der Waals surface area contributed by atoms with Crippen molar-refractivity contribution in [2.45, 2.75) is 0 Å². The maximum Gasteiger partial charge on any atom is 0.157 e. The molecule has 52 valence electrons. The standard InChI is InChI=1S/C6H5N3.H3N/c1-2-5-6(7-3-1)9-4-8-5;/h1-4H,(H,7,8,9);1H3. The first-order chi connectivity index (χ1) is 4.47. The van der Waals surface area contributed by atoms with E-state index in [0.717, 1.165) is 11.2 Å². The predicted octanol–water partition coefficient (Wildman–Crippen LogP) is 1.12. The maximum absolute atomic E-state index is 4.02. The molecule has 2 heterocycles. The highest BCUT2D eigenvalue weighted by molar-refractivity contribution is 5.68. The van der Waals surface area contributed by atoms with E-state index in [1.807, 2.05) is 12.1 Å². The fourth-order valence-corrected chi connectivity index (χ4v) is 0.775. The molecule has 0 saturated carbocycles. The molecule has 0 atom stereocenters. The Bertz CT molecular complexity index is 284. The number of aromatic nitrogens is 3. The van der Waals surface area contributed by atoms with E-state index in [4.69, 9.17) is 0 Å². The third kappa shape index (κ3) is 0.844. The summed E-state index contributed by atoms with van der Waals surface area (Å²) in [5.74, 6) is 0. The van der Waals surface area contributed by atoms with Gasteiger partial charge in [-0.2, -0.15) is 0 Å². The molecule has 0 aromatic carbocycles.